The van der Waals surface area contributed by atoms with Gasteiger partial charge in [0.05, 0.1) is 5.75 Å². The topological polar surface area (TPSA) is 201 Å². The molecule has 1 aromatic carbocycles. The van der Waals surface area contributed by atoms with E-state index >= 15 is 0 Å². The minimum atomic E-state index is -3.60. The summed E-state index contributed by atoms with van der Waals surface area (Å²) in [7, 11) is -3.60. The lowest BCUT2D eigenvalue weighted by Gasteiger charge is -2.47. The molecule has 2 aliphatic rings. The summed E-state index contributed by atoms with van der Waals surface area (Å²) in [6, 6.07) is 6.92. The van der Waals surface area contributed by atoms with E-state index in [1.165, 1.54) is 0 Å². The van der Waals surface area contributed by atoms with Gasteiger partial charge in [0.15, 0.2) is 22.5 Å². The van der Waals surface area contributed by atoms with Crippen molar-refractivity contribution in [2.75, 3.05) is 55.7 Å². The number of aromatic nitrogens is 2. The van der Waals surface area contributed by atoms with E-state index in [0.29, 0.717) is 24.4 Å². The zero-order valence-corrected chi connectivity index (χ0v) is 26.4. The van der Waals surface area contributed by atoms with Crippen molar-refractivity contribution in [1.29, 1.82) is 5.41 Å². The number of primary sulfonamides is 1. The van der Waals surface area contributed by atoms with Crippen LogP contribution in [-0.4, -0.2) is 97.0 Å². The smallest absolute Gasteiger partial charge is 0.273 e. The fourth-order valence-electron chi connectivity index (χ4n) is 5.98. The highest BCUT2D eigenvalue weighted by Crippen LogP contribution is 2.30. The molecule has 2 aliphatic heterocycles. The van der Waals surface area contributed by atoms with Gasteiger partial charge in [-0.15, -0.1) is 0 Å². The van der Waals surface area contributed by atoms with E-state index in [1.807, 2.05) is 13.0 Å². The number of nitrogens with zero attached hydrogens (tertiary/aromatic N) is 5. The highest BCUT2D eigenvalue weighted by Gasteiger charge is 2.34. The van der Waals surface area contributed by atoms with E-state index in [2.05, 4.69) is 49.0 Å². The molecule has 8 N–H and O–H groups in total. The van der Waals surface area contributed by atoms with Crippen LogP contribution in [0.25, 0.3) is 0 Å². The number of rotatable bonds is 11. The Balaban J connectivity index is 1.33. The Morgan fingerprint density at radius 2 is 1.91 bits per heavy atom. The van der Waals surface area contributed by atoms with Crippen molar-refractivity contribution in [3.8, 4) is 0 Å². The lowest BCUT2D eigenvalue weighted by molar-refractivity contribution is 0.0610. The predicted octanol–water partition coefficient (Wildman–Crippen LogP) is 1.28. The van der Waals surface area contributed by atoms with Crippen LogP contribution in [0.15, 0.2) is 18.2 Å². The number of hydrogen-bond acceptors (Lipinski definition) is 10. The van der Waals surface area contributed by atoms with Crippen LogP contribution < -0.4 is 26.8 Å². The summed E-state index contributed by atoms with van der Waals surface area (Å²) in [5.41, 5.74) is 14.9. The maximum absolute atomic E-state index is 12.6. The number of sulfonamides is 1. The molecule has 1 atom stereocenters. The molecule has 0 bridgehead atoms. The molecule has 13 nitrogen and oxygen atoms in total. The summed E-state index contributed by atoms with van der Waals surface area (Å²) in [6.45, 7) is 9.31. The second-order valence-electron chi connectivity index (χ2n) is 11.4. The van der Waals surface area contributed by atoms with E-state index in [9.17, 15) is 13.2 Å². The lowest BCUT2D eigenvalue weighted by atomic mass is 9.97. The number of carbonyl (C=O) groups is 1. The molecule has 0 radical (unpaired) electrons. The van der Waals surface area contributed by atoms with Gasteiger partial charge in [-0.1, -0.05) is 36.2 Å². The van der Waals surface area contributed by atoms with Crippen LogP contribution in [0.2, 0.25) is 5.15 Å². The minimum Gasteiger partial charge on any atom is -0.384 e. The van der Waals surface area contributed by atoms with Crippen LogP contribution >= 0.6 is 11.6 Å². The van der Waals surface area contributed by atoms with E-state index < -0.39 is 15.9 Å². The summed E-state index contributed by atoms with van der Waals surface area (Å²) in [5, 5.41) is 15.6. The fourth-order valence-corrected chi connectivity index (χ4v) is 6.77. The quantitative estimate of drug-likeness (QED) is 0.136. The third-order valence-corrected chi connectivity index (χ3v) is 9.36. The van der Waals surface area contributed by atoms with E-state index in [1.54, 1.807) is 0 Å². The van der Waals surface area contributed by atoms with Gasteiger partial charge in [-0.2, -0.15) is 0 Å². The third kappa shape index (κ3) is 8.54. The summed E-state index contributed by atoms with van der Waals surface area (Å²) in [4.78, 5) is 28.4. The number of nitrogen functional groups attached to an aromatic ring is 2. The number of benzene rings is 1. The number of likely N-dealkylation sites (tertiary alicyclic amines) is 1. The molecule has 2 saturated heterocycles. The number of hydrogen-bond donors (Lipinski definition) is 5. The van der Waals surface area contributed by atoms with Crippen LogP contribution in [0.1, 0.15) is 59.8 Å². The molecular weight excluding hydrogens is 592 g/mol. The monoisotopic (exact) mass is 634 g/mol. The maximum Gasteiger partial charge on any atom is 0.273 e. The average Bonchev–Trinajstić information content (AvgIpc) is 2.96. The highest BCUT2D eigenvalue weighted by atomic mass is 35.5. The second kappa shape index (κ2) is 14.2. The molecule has 43 heavy (non-hydrogen) atoms. The number of anilines is 2. The first-order chi connectivity index (χ1) is 20.4. The van der Waals surface area contributed by atoms with Gasteiger partial charge in [0.2, 0.25) is 10.0 Å². The number of aryl methyl sites for hydroxylation is 1. The van der Waals surface area contributed by atoms with Crippen LogP contribution in [0.4, 0.5) is 11.6 Å². The Morgan fingerprint density at radius 1 is 1.19 bits per heavy atom. The summed E-state index contributed by atoms with van der Waals surface area (Å²) >= 11 is 6.51. The van der Waals surface area contributed by atoms with Gasteiger partial charge in [0.25, 0.3) is 5.91 Å². The molecule has 0 saturated carbocycles. The zero-order valence-electron chi connectivity index (χ0n) is 24.9. The Bertz CT molecular complexity index is 1430. The molecule has 3 heterocycles. The number of halogens is 1. The first-order valence-electron chi connectivity index (χ1n) is 14.6. The Kier molecular flexibility index (Phi) is 10.8. The van der Waals surface area contributed by atoms with Crippen molar-refractivity contribution < 1.29 is 13.2 Å². The Labute approximate surface area is 258 Å². The summed E-state index contributed by atoms with van der Waals surface area (Å²) < 4.78 is 22.2. The normalized spacial score (nSPS) is 19.0. The number of piperidine rings is 1. The van der Waals surface area contributed by atoms with E-state index in [4.69, 9.17) is 33.6 Å². The Morgan fingerprint density at radius 3 is 2.56 bits per heavy atom. The van der Waals surface area contributed by atoms with Gasteiger partial charge in [-0.25, -0.2) is 23.5 Å². The first kappa shape index (κ1) is 32.9. The Hall–Kier alpha value is -3.04. The maximum atomic E-state index is 12.6. The van der Waals surface area contributed by atoms with Crippen LogP contribution in [0.5, 0.6) is 0 Å². The number of amidine groups is 1. The minimum absolute atomic E-state index is 0.0345. The molecule has 0 spiro atoms. The van der Waals surface area contributed by atoms with Gasteiger partial charge in [-0.05, 0) is 57.3 Å². The number of carbonyl (C=O) groups excluding carboxylic acids is 1. The average molecular weight is 635 g/mol. The van der Waals surface area contributed by atoms with Gasteiger partial charge >= 0.3 is 0 Å². The fraction of sp³-hybridized carbons (Fsp3) is 0.571. The predicted molar refractivity (Wildman–Crippen MR) is 170 cm³/mol. The molecule has 15 heteroatoms. The molecular formula is C28H43ClN10O3S. The number of piperazine rings is 1. The van der Waals surface area contributed by atoms with Crippen LogP contribution in [0, 0.1) is 12.3 Å². The van der Waals surface area contributed by atoms with Crippen molar-refractivity contribution in [2.45, 2.75) is 58.2 Å². The van der Waals surface area contributed by atoms with Gasteiger partial charge < -0.3 is 21.7 Å². The van der Waals surface area contributed by atoms with Gasteiger partial charge in [-0.3, -0.25) is 20.0 Å². The van der Waals surface area contributed by atoms with Crippen LogP contribution in [-0.2, 0) is 16.6 Å². The number of nitrogens with two attached hydrogens (primary N) is 3. The standard InChI is InChI=1S/C28H43ClN10O3S/c1-3-20-17-38(27-24(29)35-23(26(32)36-27)28(40)34-9-4-14-43(33,41)42)12-13-39(20)21-7-10-37(11-8-21)16-19-6-5-18(2)15-22(19)25(30)31/h5-6,15,20-21H,3-4,7-14,16-17H2,1-2H3,(H3,30,31)(H2,32,36)(H,34,40)(H2,33,41,42)/t20-/m0/s1. The van der Waals surface area contributed by atoms with Crippen molar-refractivity contribution in [2.24, 2.45) is 10.9 Å². The molecule has 4 rings (SSSR count). The van der Waals surface area contributed by atoms with Crippen molar-refractivity contribution in [1.82, 2.24) is 25.1 Å². The molecule has 2 fully saturated rings. The van der Waals surface area contributed by atoms with Gasteiger partial charge in [0, 0.05) is 50.4 Å². The molecule has 1 aromatic heterocycles. The second-order valence-corrected chi connectivity index (χ2v) is 13.5. The SMILES string of the molecule is CC[C@H]1CN(c2nc(N)c(C(=O)NCCCS(N)(=O)=O)nc2Cl)CCN1C1CCN(Cc2ccc(C)cc2C(=N)N)CC1. The molecule has 2 aromatic rings. The van der Waals surface area contributed by atoms with Gasteiger partial charge in [0.1, 0.15) is 5.84 Å². The molecule has 236 valence electrons. The number of nitrogens with one attached hydrogen (secondary N) is 2. The third-order valence-electron chi connectivity index (χ3n) is 8.24. The lowest BCUT2D eigenvalue weighted by Crippen LogP contribution is -2.58. The first-order valence-corrected chi connectivity index (χ1v) is 16.7. The molecule has 1 amide bonds. The van der Waals surface area contributed by atoms with Crippen molar-refractivity contribution in [3.63, 3.8) is 0 Å². The summed E-state index contributed by atoms with van der Waals surface area (Å²) in [6.07, 6.45) is 3.25. The van der Waals surface area contributed by atoms with Crippen molar-refractivity contribution >= 4 is 45.0 Å². The van der Waals surface area contributed by atoms with Crippen LogP contribution in [0.3, 0.4) is 0 Å². The largest absolute Gasteiger partial charge is 0.384 e. The number of amides is 1. The summed E-state index contributed by atoms with van der Waals surface area (Å²) in [5.74, 6) is -0.285. The van der Waals surface area contributed by atoms with Crippen molar-refractivity contribution in [3.05, 3.63) is 45.7 Å². The van der Waals surface area contributed by atoms with E-state index in [-0.39, 0.29) is 41.2 Å². The molecule has 0 aliphatic carbocycles. The molecule has 0 unspecified atom stereocenters. The zero-order chi connectivity index (χ0) is 31.3. The van der Waals surface area contributed by atoms with E-state index in [0.717, 1.165) is 68.7 Å². The highest BCUT2D eigenvalue weighted by molar-refractivity contribution is 7.89.